The van der Waals surface area contributed by atoms with E-state index in [1.165, 1.54) is 0 Å². The molecule has 1 fully saturated rings. The number of carbonyl (C=O) groups excluding carboxylic acids is 1. The largest absolute Gasteiger partial charge is 0.388 e. The summed E-state index contributed by atoms with van der Waals surface area (Å²) in [7, 11) is 0. The Bertz CT molecular complexity index is 489. The summed E-state index contributed by atoms with van der Waals surface area (Å²) < 4.78 is 25.8. The first-order chi connectivity index (χ1) is 8.41. The first kappa shape index (κ1) is 13.2. The molecule has 0 bridgehead atoms. The Hall–Kier alpha value is -1.20. The molecule has 0 aromatic heterocycles. The van der Waals surface area contributed by atoms with Crippen LogP contribution < -0.4 is 5.32 Å². The second-order valence-corrected chi connectivity index (χ2v) is 4.91. The first-order valence-electron chi connectivity index (χ1n) is 5.56. The summed E-state index contributed by atoms with van der Waals surface area (Å²) in [5.41, 5.74) is -1.01. The van der Waals surface area contributed by atoms with Gasteiger partial charge < -0.3 is 10.4 Å². The monoisotopic (exact) mass is 275 g/mol. The second-order valence-electron chi connectivity index (χ2n) is 4.51. The van der Waals surface area contributed by atoms with Gasteiger partial charge in [-0.15, -0.1) is 0 Å². The predicted molar refractivity (Wildman–Crippen MR) is 62.5 cm³/mol. The number of carbonyl (C=O) groups is 1. The van der Waals surface area contributed by atoms with E-state index in [2.05, 4.69) is 5.32 Å². The van der Waals surface area contributed by atoms with E-state index in [0.717, 1.165) is 18.6 Å². The fraction of sp³-hybridized carbons (Fsp3) is 0.417. The molecule has 18 heavy (non-hydrogen) atoms. The number of aliphatic hydroxyl groups is 1. The highest BCUT2D eigenvalue weighted by Crippen LogP contribution is 2.30. The molecule has 2 rings (SSSR count). The quantitative estimate of drug-likeness (QED) is 0.832. The maximum absolute atomic E-state index is 13.0. The van der Waals surface area contributed by atoms with Crippen LogP contribution in [-0.2, 0) is 0 Å². The molecule has 0 saturated heterocycles. The number of rotatable bonds is 3. The van der Waals surface area contributed by atoms with E-state index in [9.17, 15) is 18.7 Å². The first-order valence-corrected chi connectivity index (χ1v) is 5.94. The maximum Gasteiger partial charge on any atom is 0.253 e. The SMILES string of the molecule is O=C(NCC1(O)CCC1)c1cc(F)c(F)cc1Cl. The molecule has 1 saturated carbocycles. The van der Waals surface area contributed by atoms with Crippen molar-refractivity contribution in [1.82, 2.24) is 5.32 Å². The minimum Gasteiger partial charge on any atom is -0.388 e. The number of amides is 1. The molecule has 3 nitrogen and oxygen atoms in total. The Kier molecular flexibility index (Phi) is 3.54. The van der Waals surface area contributed by atoms with Crippen LogP contribution in [0.3, 0.4) is 0 Å². The van der Waals surface area contributed by atoms with Crippen LogP contribution in [0.4, 0.5) is 8.78 Å². The third kappa shape index (κ3) is 2.62. The molecule has 0 spiro atoms. The van der Waals surface area contributed by atoms with Gasteiger partial charge >= 0.3 is 0 Å². The van der Waals surface area contributed by atoms with E-state index in [0.29, 0.717) is 12.8 Å². The van der Waals surface area contributed by atoms with Gasteiger partial charge in [0, 0.05) is 6.54 Å². The van der Waals surface area contributed by atoms with Crippen molar-refractivity contribution in [3.05, 3.63) is 34.4 Å². The molecule has 0 unspecified atom stereocenters. The van der Waals surface area contributed by atoms with Gasteiger partial charge in [0.15, 0.2) is 11.6 Å². The Labute approximate surface area is 108 Å². The van der Waals surface area contributed by atoms with Crippen LogP contribution in [0.2, 0.25) is 5.02 Å². The van der Waals surface area contributed by atoms with Crippen LogP contribution in [0.25, 0.3) is 0 Å². The summed E-state index contributed by atoms with van der Waals surface area (Å²) in [6.45, 7) is 0.0845. The van der Waals surface area contributed by atoms with Crippen molar-refractivity contribution in [3.8, 4) is 0 Å². The number of halogens is 3. The van der Waals surface area contributed by atoms with Crippen LogP contribution in [0.1, 0.15) is 29.6 Å². The van der Waals surface area contributed by atoms with Gasteiger partial charge in [0.1, 0.15) is 0 Å². The lowest BCUT2D eigenvalue weighted by molar-refractivity contribution is -0.0300. The molecular formula is C12H12ClF2NO2. The Morgan fingerprint density at radius 2 is 2.00 bits per heavy atom. The van der Waals surface area contributed by atoms with Gasteiger partial charge in [-0.2, -0.15) is 0 Å². The van der Waals surface area contributed by atoms with E-state index in [-0.39, 0.29) is 17.1 Å². The van der Waals surface area contributed by atoms with E-state index in [1.54, 1.807) is 0 Å². The second kappa shape index (κ2) is 4.82. The Balaban J connectivity index is 2.06. The van der Waals surface area contributed by atoms with Crippen LogP contribution in [0.5, 0.6) is 0 Å². The summed E-state index contributed by atoms with van der Waals surface area (Å²) >= 11 is 5.66. The van der Waals surface area contributed by atoms with Gasteiger partial charge in [-0.3, -0.25) is 4.79 Å². The zero-order valence-corrected chi connectivity index (χ0v) is 10.2. The zero-order valence-electron chi connectivity index (χ0n) is 9.47. The third-order valence-electron chi connectivity index (χ3n) is 3.12. The lowest BCUT2D eigenvalue weighted by atomic mass is 9.80. The highest BCUT2D eigenvalue weighted by atomic mass is 35.5. The average Bonchev–Trinajstić information content (AvgIpc) is 2.28. The van der Waals surface area contributed by atoms with E-state index in [4.69, 9.17) is 11.6 Å². The van der Waals surface area contributed by atoms with Crippen molar-refractivity contribution in [1.29, 1.82) is 0 Å². The average molecular weight is 276 g/mol. The van der Waals surface area contributed by atoms with Crippen molar-refractivity contribution in [2.24, 2.45) is 0 Å². The van der Waals surface area contributed by atoms with Crippen LogP contribution >= 0.6 is 11.6 Å². The molecule has 1 aliphatic rings. The smallest absolute Gasteiger partial charge is 0.253 e. The lowest BCUT2D eigenvalue weighted by Crippen LogP contribution is -2.47. The molecule has 6 heteroatoms. The highest BCUT2D eigenvalue weighted by molar-refractivity contribution is 6.33. The van der Waals surface area contributed by atoms with Gasteiger partial charge in [-0.1, -0.05) is 11.6 Å². The topological polar surface area (TPSA) is 49.3 Å². The minimum atomic E-state index is -1.13. The fourth-order valence-electron chi connectivity index (χ4n) is 1.80. The number of nitrogens with one attached hydrogen (secondary N) is 1. The van der Waals surface area contributed by atoms with Crippen molar-refractivity contribution >= 4 is 17.5 Å². The molecule has 2 N–H and O–H groups in total. The minimum absolute atomic E-state index is 0.0845. The van der Waals surface area contributed by atoms with Gasteiger partial charge in [0.05, 0.1) is 16.2 Å². The van der Waals surface area contributed by atoms with Crippen molar-refractivity contribution in [2.45, 2.75) is 24.9 Å². The molecule has 1 amide bonds. The van der Waals surface area contributed by atoms with Gasteiger partial charge in [0.2, 0.25) is 0 Å². The zero-order chi connectivity index (χ0) is 13.3. The summed E-state index contributed by atoms with van der Waals surface area (Å²) in [4.78, 5) is 11.7. The maximum atomic E-state index is 13.0. The molecule has 0 heterocycles. The summed E-state index contributed by atoms with van der Waals surface area (Å²) in [6, 6.07) is 1.50. The predicted octanol–water partition coefficient (Wildman–Crippen LogP) is 2.26. The van der Waals surface area contributed by atoms with Crippen LogP contribution in [0, 0.1) is 11.6 Å². The Morgan fingerprint density at radius 1 is 1.39 bits per heavy atom. The fourth-order valence-corrected chi connectivity index (χ4v) is 2.03. The van der Waals surface area contributed by atoms with Crippen molar-refractivity contribution in [3.63, 3.8) is 0 Å². The lowest BCUT2D eigenvalue weighted by Gasteiger charge is -2.36. The van der Waals surface area contributed by atoms with E-state index < -0.39 is 23.1 Å². The van der Waals surface area contributed by atoms with E-state index in [1.807, 2.05) is 0 Å². The highest BCUT2D eigenvalue weighted by Gasteiger charge is 2.34. The summed E-state index contributed by atoms with van der Waals surface area (Å²) in [6.07, 6.45) is 2.16. The van der Waals surface area contributed by atoms with Gasteiger partial charge in [0.25, 0.3) is 5.91 Å². The molecule has 1 aliphatic carbocycles. The van der Waals surface area contributed by atoms with Crippen molar-refractivity contribution < 1.29 is 18.7 Å². The van der Waals surface area contributed by atoms with E-state index >= 15 is 0 Å². The molecule has 1 aromatic rings. The molecule has 0 atom stereocenters. The third-order valence-corrected chi connectivity index (χ3v) is 3.43. The van der Waals surface area contributed by atoms with Crippen molar-refractivity contribution in [2.75, 3.05) is 6.54 Å². The van der Waals surface area contributed by atoms with Gasteiger partial charge in [-0.25, -0.2) is 8.78 Å². The standard InChI is InChI=1S/C12H12ClF2NO2/c13-8-5-10(15)9(14)4-7(8)11(17)16-6-12(18)2-1-3-12/h4-5,18H,1-3,6H2,(H,16,17). The summed E-state index contributed by atoms with van der Waals surface area (Å²) in [5.74, 6) is -2.86. The molecule has 0 aliphatic heterocycles. The molecular weight excluding hydrogens is 264 g/mol. The number of benzene rings is 1. The number of hydrogen-bond acceptors (Lipinski definition) is 2. The molecule has 0 radical (unpaired) electrons. The molecule has 98 valence electrons. The molecule has 1 aromatic carbocycles. The number of hydrogen-bond donors (Lipinski definition) is 2. The van der Waals surface area contributed by atoms with Crippen LogP contribution in [-0.4, -0.2) is 23.2 Å². The summed E-state index contributed by atoms with van der Waals surface area (Å²) in [5, 5.41) is 12.1. The Morgan fingerprint density at radius 3 is 2.56 bits per heavy atom. The van der Waals surface area contributed by atoms with Crippen LogP contribution in [0.15, 0.2) is 12.1 Å². The van der Waals surface area contributed by atoms with Gasteiger partial charge in [-0.05, 0) is 31.4 Å². The normalized spacial score (nSPS) is 17.1.